The van der Waals surface area contributed by atoms with Crippen LogP contribution in [0.1, 0.15) is 0 Å². The lowest BCUT2D eigenvalue weighted by atomic mass is 10.2. The minimum atomic E-state index is -0.340. The van der Waals surface area contributed by atoms with Crippen molar-refractivity contribution in [3.05, 3.63) is 36.5 Å². The van der Waals surface area contributed by atoms with Gasteiger partial charge in [-0.2, -0.15) is 5.26 Å². The first-order valence-corrected chi connectivity index (χ1v) is 8.16. The van der Waals surface area contributed by atoms with E-state index >= 15 is 0 Å². The number of hydrogen-bond donors (Lipinski definition) is 1. The summed E-state index contributed by atoms with van der Waals surface area (Å²) in [4.78, 5) is 21.3. The third-order valence-electron chi connectivity index (χ3n) is 3.89. The molecule has 23 heavy (non-hydrogen) atoms. The maximum absolute atomic E-state index is 12.5. The number of nitrogens with one attached hydrogen (secondary N) is 1. The van der Waals surface area contributed by atoms with E-state index < -0.39 is 0 Å². The Morgan fingerprint density at radius 1 is 1.39 bits per heavy atom. The molecule has 0 spiro atoms. The molecular weight excluding hydrogens is 310 g/mol. The molecule has 0 radical (unpaired) electrons. The number of benzene rings is 1. The second kappa shape index (κ2) is 6.77. The Morgan fingerprint density at radius 2 is 2.17 bits per heavy atom. The van der Waals surface area contributed by atoms with Crippen LogP contribution in [0.4, 0.5) is 5.13 Å². The third kappa shape index (κ3) is 3.50. The predicted molar refractivity (Wildman–Crippen MR) is 89.8 cm³/mol. The first-order valence-electron chi connectivity index (χ1n) is 7.34. The van der Waals surface area contributed by atoms with Crippen LogP contribution in [0.2, 0.25) is 0 Å². The van der Waals surface area contributed by atoms with Crippen molar-refractivity contribution in [1.29, 1.82) is 5.26 Å². The van der Waals surface area contributed by atoms with E-state index in [1.165, 1.54) is 11.3 Å². The lowest BCUT2D eigenvalue weighted by molar-refractivity contribution is -0.122. The molecule has 1 aliphatic rings. The van der Waals surface area contributed by atoms with Gasteiger partial charge in [-0.25, -0.2) is 4.98 Å². The van der Waals surface area contributed by atoms with Gasteiger partial charge in [-0.15, -0.1) is 0 Å². The van der Waals surface area contributed by atoms with Gasteiger partial charge in [0.05, 0.1) is 11.4 Å². The molecule has 1 amide bonds. The lowest BCUT2D eigenvalue weighted by Crippen LogP contribution is -2.54. The van der Waals surface area contributed by atoms with Crippen molar-refractivity contribution in [3.8, 4) is 16.6 Å². The predicted octanol–water partition coefficient (Wildman–Crippen LogP) is 1.85. The second-order valence-electron chi connectivity index (χ2n) is 5.43. The van der Waals surface area contributed by atoms with Gasteiger partial charge in [0.1, 0.15) is 6.04 Å². The summed E-state index contributed by atoms with van der Waals surface area (Å²) >= 11 is 1.45. The largest absolute Gasteiger partial charge is 0.307 e. The molecule has 0 saturated carbocycles. The molecule has 118 valence electrons. The number of likely N-dealkylation sites (N-methyl/N-ethyl adjacent to an activating group) is 1. The topological polar surface area (TPSA) is 72.3 Å². The molecule has 1 aromatic carbocycles. The van der Waals surface area contributed by atoms with Gasteiger partial charge in [-0.3, -0.25) is 9.69 Å². The molecule has 7 heteroatoms. The standard InChI is InChI=1S/C16H17N5OS/c1-20-7-8-21(11-17)10-13(20)15(22)19-16-18-9-14(23-16)12-5-3-2-4-6-12/h2-6,9,13H,7-8,10H2,1H3,(H,18,19,22). The second-order valence-corrected chi connectivity index (χ2v) is 6.46. The highest BCUT2D eigenvalue weighted by molar-refractivity contribution is 7.19. The van der Waals surface area contributed by atoms with Crippen LogP contribution < -0.4 is 5.32 Å². The van der Waals surface area contributed by atoms with Gasteiger partial charge < -0.3 is 10.2 Å². The number of thiazole rings is 1. The van der Waals surface area contributed by atoms with Crippen molar-refractivity contribution in [2.24, 2.45) is 0 Å². The summed E-state index contributed by atoms with van der Waals surface area (Å²) < 4.78 is 0. The fourth-order valence-corrected chi connectivity index (χ4v) is 3.33. The Balaban J connectivity index is 1.69. The normalized spacial score (nSPS) is 18.4. The number of nitrogens with zero attached hydrogens (tertiary/aromatic N) is 4. The van der Waals surface area contributed by atoms with Crippen molar-refractivity contribution in [2.45, 2.75) is 6.04 Å². The fraction of sp³-hybridized carbons (Fsp3) is 0.312. The molecule has 3 rings (SSSR count). The summed E-state index contributed by atoms with van der Waals surface area (Å²) in [6.45, 7) is 1.76. The number of amides is 1. The van der Waals surface area contributed by atoms with Crippen LogP contribution in [-0.4, -0.2) is 53.4 Å². The van der Waals surface area contributed by atoms with E-state index in [0.717, 1.165) is 10.4 Å². The van der Waals surface area contributed by atoms with Crippen molar-refractivity contribution in [1.82, 2.24) is 14.8 Å². The van der Waals surface area contributed by atoms with Crippen molar-refractivity contribution in [3.63, 3.8) is 0 Å². The van der Waals surface area contributed by atoms with Crippen LogP contribution in [0.5, 0.6) is 0 Å². The van der Waals surface area contributed by atoms with Crippen LogP contribution in [0.3, 0.4) is 0 Å². The average molecular weight is 327 g/mol. The molecule has 1 N–H and O–H groups in total. The van der Waals surface area contributed by atoms with Crippen molar-refractivity contribution >= 4 is 22.4 Å². The monoisotopic (exact) mass is 327 g/mol. The lowest BCUT2D eigenvalue weighted by Gasteiger charge is -2.35. The van der Waals surface area contributed by atoms with E-state index in [4.69, 9.17) is 5.26 Å². The maximum atomic E-state index is 12.5. The van der Waals surface area contributed by atoms with Gasteiger partial charge in [0, 0.05) is 19.3 Å². The minimum Gasteiger partial charge on any atom is -0.307 e. The molecule has 1 aromatic heterocycles. The van der Waals surface area contributed by atoms with E-state index in [1.54, 1.807) is 11.1 Å². The summed E-state index contributed by atoms with van der Waals surface area (Å²) in [5.74, 6) is -0.124. The molecular formula is C16H17N5OS. The van der Waals surface area contributed by atoms with E-state index in [-0.39, 0.29) is 11.9 Å². The summed E-state index contributed by atoms with van der Waals surface area (Å²) in [6.07, 6.45) is 3.88. The molecule has 2 aromatic rings. The molecule has 1 unspecified atom stereocenters. The number of anilines is 1. The summed E-state index contributed by atoms with van der Waals surface area (Å²) in [5.41, 5.74) is 1.08. The highest BCUT2D eigenvalue weighted by atomic mass is 32.1. The van der Waals surface area contributed by atoms with Gasteiger partial charge in [0.15, 0.2) is 11.3 Å². The van der Waals surface area contributed by atoms with Crippen LogP contribution in [0.15, 0.2) is 36.5 Å². The smallest absolute Gasteiger partial charge is 0.245 e. The first-order chi connectivity index (χ1) is 11.2. The Bertz CT molecular complexity index is 724. The van der Waals surface area contributed by atoms with E-state index in [2.05, 4.69) is 16.5 Å². The molecule has 6 nitrogen and oxygen atoms in total. The van der Waals surface area contributed by atoms with Crippen LogP contribution in [-0.2, 0) is 4.79 Å². The maximum Gasteiger partial charge on any atom is 0.245 e. The molecule has 2 heterocycles. The van der Waals surface area contributed by atoms with Gasteiger partial charge in [0.2, 0.25) is 5.91 Å². The zero-order valence-corrected chi connectivity index (χ0v) is 13.6. The number of nitriles is 1. The molecule has 1 fully saturated rings. The summed E-state index contributed by atoms with van der Waals surface area (Å²) in [6, 6.07) is 9.60. The summed E-state index contributed by atoms with van der Waals surface area (Å²) in [7, 11) is 1.90. The fourth-order valence-electron chi connectivity index (χ4n) is 2.50. The van der Waals surface area contributed by atoms with Crippen LogP contribution >= 0.6 is 11.3 Å². The Morgan fingerprint density at radius 3 is 2.91 bits per heavy atom. The van der Waals surface area contributed by atoms with Gasteiger partial charge in [-0.05, 0) is 12.6 Å². The van der Waals surface area contributed by atoms with Gasteiger partial charge in [0.25, 0.3) is 0 Å². The SMILES string of the molecule is CN1CCN(C#N)CC1C(=O)Nc1ncc(-c2ccccc2)s1. The number of carbonyl (C=O) groups excluding carboxylic acids is 1. The van der Waals surface area contributed by atoms with Crippen LogP contribution in [0, 0.1) is 11.5 Å². The van der Waals surface area contributed by atoms with E-state index in [1.807, 2.05) is 42.3 Å². The van der Waals surface area contributed by atoms with Crippen molar-refractivity contribution < 1.29 is 4.79 Å². The number of hydrogen-bond acceptors (Lipinski definition) is 6. The molecule has 1 atom stereocenters. The number of rotatable bonds is 3. The summed E-state index contributed by atoms with van der Waals surface area (Å²) in [5, 5.41) is 12.5. The van der Waals surface area contributed by atoms with E-state index in [0.29, 0.717) is 24.8 Å². The zero-order valence-electron chi connectivity index (χ0n) is 12.8. The van der Waals surface area contributed by atoms with Crippen LogP contribution in [0.25, 0.3) is 10.4 Å². The van der Waals surface area contributed by atoms with Crippen molar-refractivity contribution in [2.75, 3.05) is 32.0 Å². The van der Waals surface area contributed by atoms with E-state index in [9.17, 15) is 4.79 Å². The molecule has 1 aliphatic heterocycles. The van der Waals surface area contributed by atoms with Gasteiger partial charge in [-0.1, -0.05) is 41.7 Å². The zero-order chi connectivity index (χ0) is 16.2. The minimum absolute atomic E-state index is 0.124. The molecule has 1 saturated heterocycles. The average Bonchev–Trinajstić information content (AvgIpc) is 3.04. The third-order valence-corrected chi connectivity index (χ3v) is 4.85. The quantitative estimate of drug-likeness (QED) is 0.871. The first kappa shape index (κ1) is 15.5. The Hall–Kier alpha value is -2.43. The Kier molecular flexibility index (Phi) is 4.55. The number of aromatic nitrogens is 1. The highest BCUT2D eigenvalue weighted by Gasteiger charge is 2.30. The highest BCUT2D eigenvalue weighted by Crippen LogP contribution is 2.28. The number of carbonyl (C=O) groups is 1. The Labute approximate surface area is 139 Å². The molecule has 0 aliphatic carbocycles. The molecule has 0 bridgehead atoms. The van der Waals surface area contributed by atoms with Gasteiger partial charge >= 0.3 is 0 Å². The number of piperazine rings is 1.